The number of nitrogens with zero attached hydrogens (tertiary/aromatic N) is 2. The zero-order valence-electron chi connectivity index (χ0n) is 10.0. The number of anilines is 2. The minimum Gasteiger partial charge on any atom is -0.370 e. The first-order valence-electron chi connectivity index (χ1n) is 5.94. The van der Waals surface area contributed by atoms with Gasteiger partial charge in [0.2, 0.25) is 5.91 Å². The Bertz CT molecular complexity index is 382. The molecule has 0 bridgehead atoms. The van der Waals surface area contributed by atoms with Crippen molar-refractivity contribution in [1.29, 1.82) is 0 Å². The fourth-order valence-corrected chi connectivity index (χ4v) is 1.86. The summed E-state index contributed by atoms with van der Waals surface area (Å²) >= 11 is 0. The molecule has 5 nitrogen and oxygen atoms in total. The fourth-order valence-electron chi connectivity index (χ4n) is 1.86. The molecule has 92 valence electrons. The van der Waals surface area contributed by atoms with Crippen molar-refractivity contribution in [2.24, 2.45) is 5.73 Å². The molecule has 1 atom stereocenters. The van der Waals surface area contributed by atoms with Gasteiger partial charge in [-0.15, -0.1) is 0 Å². The van der Waals surface area contributed by atoms with Gasteiger partial charge in [-0.3, -0.25) is 4.79 Å². The molecule has 0 aromatic carbocycles. The molecular weight excluding hydrogens is 216 g/mol. The molecule has 1 aliphatic rings. The van der Waals surface area contributed by atoms with Crippen LogP contribution in [0.4, 0.5) is 11.5 Å². The minimum atomic E-state index is -0.518. The zero-order chi connectivity index (χ0) is 12.3. The van der Waals surface area contributed by atoms with Gasteiger partial charge in [0.1, 0.15) is 5.82 Å². The van der Waals surface area contributed by atoms with Crippen LogP contribution in [0.1, 0.15) is 19.8 Å². The summed E-state index contributed by atoms with van der Waals surface area (Å²) in [5.41, 5.74) is 6.58. The molecule has 2 rings (SSSR count). The third kappa shape index (κ3) is 2.94. The maximum absolute atomic E-state index is 11.4. The van der Waals surface area contributed by atoms with Gasteiger partial charge >= 0.3 is 0 Å². The number of pyridine rings is 1. The molecule has 1 unspecified atom stereocenters. The average Bonchev–Trinajstić information content (AvgIpc) is 2.83. The van der Waals surface area contributed by atoms with Crippen LogP contribution >= 0.6 is 0 Å². The molecule has 17 heavy (non-hydrogen) atoms. The number of nitrogens with two attached hydrogens (primary N) is 1. The Hall–Kier alpha value is -1.62. The highest BCUT2D eigenvalue weighted by atomic mass is 16.2. The van der Waals surface area contributed by atoms with E-state index in [4.69, 9.17) is 5.73 Å². The van der Waals surface area contributed by atoms with Gasteiger partial charge in [-0.25, -0.2) is 4.98 Å². The highest BCUT2D eigenvalue weighted by molar-refractivity contribution is 5.93. The molecule has 1 aromatic rings. The van der Waals surface area contributed by atoms with Gasteiger partial charge < -0.3 is 16.0 Å². The van der Waals surface area contributed by atoms with Crippen molar-refractivity contribution in [2.45, 2.75) is 25.8 Å². The monoisotopic (exact) mass is 234 g/mol. The Kier molecular flexibility index (Phi) is 3.58. The lowest BCUT2D eigenvalue weighted by Crippen LogP contribution is -2.32. The van der Waals surface area contributed by atoms with E-state index in [0.29, 0.717) is 5.82 Å². The Labute approximate surface area is 101 Å². The Morgan fingerprint density at radius 3 is 2.71 bits per heavy atom. The summed E-state index contributed by atoms with van der Waals surface area (Å²) in [6, 6.07) is 3.28. The number of hydrogen-bond acceptors (Lipinski definition) is 4. The summed E-state index contributed by atoms with van der Waals surface area (Å²) < 4.78 is 0. The van der Waals surface area contributed by atoms with Gasteiger partial charge in [0, 0.05) is 13.1 Å². The normalized spacial score (nSPS) is 16.9. The summed E-state index contributed by atoms with van der Waals surface area (Å²) in [5, 5.41) is 2.67. The maximum atomic E-state index is 11.4. The summed E-state index contributed by atoms with van der Waals surface area (Å²) in [5.74, 6) is 0.335. The number of hydrogen-bond donors (Lipinski definition) is 2. The van der Waals surface area contributed by atoms with Crippen LogP contribution in [-0.4, -0.2) is 30.0 Å². The largest absolute Gasteiger partial charge is 0.370 e. The predicted octanol–water partition coefficient (Wildman–Crippen LogP) is 0.967. The molecule has 0 aliphatic carbocycles. The zero-order valence-corrected chi connectivity index (χ0v) is 10.0. The quantitative estimate of drug-likeness (QED) is 0.817. The fraction of sp³-hybridized carbons (Fsp3) is 0.500. The van der Waals surface area contributed by atoms with Gasteiger partial charge in [-0.2, -0.15) is 0 Å². The first kappa shape index (κ1) is 11.9. The number of nitrogens with one attached hydrogen (secondary N) is 1. The molecule has 2 heterocycles. The highest BCUT2D eigenvalue weighted by Crippen LogP contribution is 2.20. The van der Waals surface area contributed by atoms with Crippen LogP contribution in [0, 0.1) is 0 Å². The first-order valence-corrected chi connectivity index (χ1v) is 5.94. The number of aromatic nitrogens is 1. The molecule has 3 N–H and O–H groups in total. The smallest absolute Gasteiger partial charge is 0.242 e. The number of carbonyl (C=O) groups is 1. The van der Waals surface area contributed by atoms with Crippen molar-refractivity contribution >= 4 is 17.4 Å². The summed E-state index contributed by atoms with van der Waals surface area (Å²) in [7, 11) is 0. The minimum absolute atomic E-state index is 0.216. The van der Waals surface area contributed by atoms with Crippen molar-refractivity contribution < 1.29 is 4.79 Å². The SMILES string of the molecule is CC(N)C(=O)Nc1ccc(N2CCCC2)cn1. The van der Waals surface area contributed by atoms with Gasteiger partial charge in [-0.05, 0) is 31.9 Å². The lowest BCUT2D eigenvalue weighted by Gasteiger charge is -2.17. The van der Waals surface area contributed by atoms with E-state index in [-0.39, 0.29) is 5.91 Å². The molecule has 1 aromatic heterocycles. The van der Waals surface area contributed by atoms with E-state index in [2.05, 4.69) is 15.2 Å². The first-order chi connectivity index (χ1) is 8.16. The average molecular weight is 234 g/mol. The molecule has 0 spiro atoms. The van der Waals surface area contributed by atoms with Crippen LogP contribution in [0.5, 0.6) is 0 Å². The molecule has 0 radical (unpaired) electrons. The topological polar surface area (TPSA) is 71.2 Å². The molecule has 1 aliphatic heterocycles. The molecule has 1 saturated heterocycles. The van der Waals surface area contributed by atoms with Gasteiger partial charge in [-0.1, -0.05) is 0 Å². The van der Waals surface area contributed by atoms with Crippen molar-refractivity contribution in [3.8, 4) is 0 Å². The Morgan fingerprint density at radius 2 is 2.18 bits per heavy atom. The Morgan fingerprint density at radius 1 is 1.47 bits per heavy atom. The van der Waals surface area contributed by atoms with Crippen molar-refractivity contribution in [3.05, 3.63) is 18.3 Å². The Balaban J connectivity index is 2.00. The van der Waals surface area contributed by atoms with Crippen LogP contribution in [0.2, 0.25) is 0 Å². The van der Waals surface area contributed by atoms with Crippen LogP contribution in [-0.2, 0) is 4.79 Å². The molecular formula is C12H18N4O. The summed E-state index contributed by atoms with van der Waals surface area (Å²) in [6.45, 7) is 3.83. The van der Waals surface area contributed by atoms with Crippen LogP contribution in [0.15, 0.2) is 18.3 Å². The van der Waals surface area contributed by atoms with E-state index >= 15 is 0 Å². The van der Waals surface area contributed by atoms with Crippen molar-refractivity contribution in [2.75, 3.05) is 23.3 Å². The van der Waals surface area contributed by atoms with Crippen LogP contribution in [0.3, 0.4) is 0 Å². The third-order valence-electron chi connectivity index (χ3n) is 2.88. The number of carbonyl (C=O) groups excluding carboxylic acids is 1. The van der Waals surface area contributed by atoms with Crippen LogP contribution < -0.4 is 16.0 Å². The van der Waals surface area contributed by atoms with E-state index in [1.54, 1.807) is 13.1 Å². The van der Waals surface area contributed by atoms with Crippen molar-refractivity contribution in [1.82, 2.24) is 4.98 Å². The summed E-state index contributed by atoms with van der Waals surface area (Å²) in [6.07, 6.45) is 4.27. The van der Waals surface area contributed by atoms with Gasteiger partial charge in [0.15, 0.2) is 0 Å². The molecule has 0 saturated carbocycles. The summed E-state index contributed by atoms with van der Waals surface area (Å²) in [4.78, 5) is 17.9. The number of amides is 1. The van der Waals surface area contributed by atoms with E-state index in [1.807, 2.05) is 12.1 Å². The lowest BCUT2D eigenvalue weighted by atomic mass is 10.3. The van der Waals surface area contributed by atoms with Gasteiger partial charge in [0.25, 0.3) is 0 Å². The molecule has 5 heteroatoms. The second-order valence-corrected chi connectivity index (χ2v) is 4.37. The highest BCUT2D eigenvalue weighted by Gasteiger charge is 2.13. The van der Waals surface area contributed by atoms with E-state index in [9.17, 15) is 4.79 Å². The van der Waals surface area contributed by atoms with Gasteiger partial charge in [0.05, 0.1) is 17.9 Å². The lowest BCUT2D eigenvalue weighted by molar-refractivity contribution is -0.117. The van der Waals surface area contributed by atoms with E-state index in [0.717, 1.165) is 18.8 Å². The van der Waals surface area contributed by atoms with Crippen LogP contribution in [0.25, 0.3) is 0 Å². The predicted molar refractivity (Wildman–Crippen MR) is 68.0 cm³/mol. The van der Waals surface area contributed by atoms with E-state index in [1.165, 1.54) is 12.8 Å². The molecule has 1 fully saturated rings. The molecule has 1 amide bonds. The second-order valence-electron chi connectivity index (χ2n) is 4.37. The maximum Gasteiger partial charge on any atom is 0.242 e. The standard InChI is InChI=1S/C12H18N4O/c1-9(13)12(17)15-11-5-4-10(8-14-11)16-6-2-3-7-16/h4-5,8-9H,2-3,6-7,13H2,1H3,(H,14,15,17). The number of rotatable bonds is 3. The van der Waals surface area contributed by atoms with E-state index < -0.39 is 6.04 Å². The third-order valence-corrected chi connectivity index (χ3v) is 2.88. The second kappa shape index (κ2) is 5.14. The van der Waals surface area contributed by atoms with Crippen molar-refractivity contribution in [3.63, 3.8) is 0 Å².